The van der Waals surface area contributed by atoms with E-state index in [2.05, 4.69) is 20.8 Å². The normalized spacial score (nSPS) is 11.9. The lowest BCUT2D eigenvalue weighted by Crippen LogP contribution is -2.13. The molecule has 0 spiro atoms. The lowest BCUT2D eigenvalue weighted by molar-refractivity contribution is -0.147. The topological polar surface area (TPSA) is 26.3 Å². The van der Waals surface area contributed by atoms with E-state index < -0.39 is 0 Å². The van der Waals surface area contributed by atoms with E-state index in [1.165, 1.54) is 77.0 Å². The van der Waals surface area contributed by atoms with Crippen LogP contribution in [0.3, 0.4) is 0 Å². The van der Waals surface area contributed by atoms with Crippen molar-refractivity contribution >= 4 is 5.97 Å². The van der Waals surface area contributed by atoms with Crippen LogP contribution in [-0.2, 0) is 9.53 Å². The second kappa shape index (κ2) is 15.7. The molecule has 0 atom stereocenters. The van der Waals surface area contributed by atoms with Gasteiger partial charge in [-0.15, -0.1) is 0 Å². The Morgan fingerprint density at radius 2 is 1.20 bits per heavy atom. The van der Waals surface area contributed by atoms with E-state index in [4.69, 9.17) is 4.74 Å². The molecule has 0 rings (SSSR count). The van der Waals surface area contributed by atoms with Gasteiger partial charge in [-0.2, -0.15) is 0 Å². The van der Waals surface area contributed by atoms with Crippen LogP contribution in [-0.4, -0.2) is 12.1 Å². The maximum atomic E-state index is 11.5. The van der Waals surface area contributed by atoms with Crippen LogP contribution in [0.25, 0.3) is 0 Å². The molecule has 0 amide bonds. The number of unbranched alkanes of at least 4 members (excludes halogenated alkanes) is 10. The summed E-state index contributed by atoms with van der Waals surface area (Å²) in [6.45, 7) is 10.9. The SMILES string of the molecule is CCCCCCCCCCCCC(C)(C)CCCCC(=O)OC(C)C. The summed E-state index contributed by atoms with van der Waals surface area (Å²) >= 11 is 0. The van der Waals surface area contributed by atoms with Crippen molar-refractivity contribution < 1.29 is 9.53 Å². The highest BCUT2D eigenvalue weighted by Crippen LogP contribution is 2.30. The highest BCUT2D eigenvalue weighted by Gasteiger charge is 2.17. The molecule has 0 fully saturated rings. The fourth-order valence-corrected chi connectivity index (χ4v) is 3.41. The number of carbonyl (C=O) groups is 1. The molecule has 0 aliphatic heterocycles. The van der Waals surface area contributed by atoms with Crippen LogP contribution in [0.4, 0.5) is 0 Å². The molecule has 0 aromatic heterocycles. The van der Waals surface area contributed by atoms with Crippen molar-refractivity contribution in [2.45, 2.75) is 137 Å². The Morgan fingerprint density at radius 3 is 1.68 bits per heavy atom. The zero-order valence-corrected chi connectivity index (χ0v) is 18.0. The molecule has 25 heavy (non-hydrogen) atoms. The van der Waals surface area contributed by atoms with Gasteiger partial charge in [0.25, 0.3) is 0 Å². The van der Waals surface area contributed by atoms with E-state index in [1.807, 2.05) is 13.8 Å². The zero-order valence-electron chi connectivity index (χ0n) is 18.0. The van der Waals surface area contributed by atoms with Gasteiger partial charge in [0.05, 0.1) is 6.10 Å². The Labute approximate surface area is 158 Å². The Morgan fingerprint density at radius 1 is 0.760 bits per heavy atom. The fourth-order valence-electron chi connectivity index (χ4n) is 3.41. The summed E-state index contributed by atoms with van der Waals surface area (Å²) in [5, 5.41) is 0. The minimum Gasteiger partial charge on any atom is -0.463 e. The van der Waals surface area contributed by atoms with Crippen LogP contribution in [0, 0.1) is 5.41 Å². The van der Waals surface area contributed by atoms with Gasteiger partial charge in [-0.3, -0.25) is 4.79 Å². The largest absolute Gasteiger partial charge is 0.463 e. The minimum absolute atomic E-state index is 0.0141. The summed E-state index contributed by atoms with van der Waals surface area (Å²) in [4.78, 5) is 11.5. The minimum atomic E-state index is -0.0394. The van der Waals surface area contributed by atoms with E-state index in [9.17, 15) is 4.79 Å². The van der Waals surface area contributed by atoms with Crippen LogP contribution in [0.2, 0.25) is 0 Å². The third-order valence-corrected chi connectivity index (χ3v) is 5.06. The quantitative estimate of drug-likeness (QED) is 0.196. The highest BCUT2D eigenvalue weighted by molar-refractivity contribution is 5.69. The first-order valence-corrected chi connectivity index (χ1v) is 11.1. The molecule has 0 saturated carbocycles. The predicted molar refractivity (Wildman–Crippen MR) is 110 cm³/mol. The number of esters is 1. The van der Waals surface area contributed by atoms with Gasteiger partial charge in [0.15, 0.2) is 0 Å². The van der Waals surface area contributed by atoms with Crippen molar-refractivity contribution in [3.8, 4) is 0 Å². The number of ether oxygens (including phenoxy) is 1. The van der Waals surface area contributed by atoms with Crippen LogP contribution in [0.1, 0.15) is 131 Å². The molecule has 0 N–H and O–H groups in total. The number of hydrogen-bond donors (Lipinski definition) is 0. The predicted octanol–water partition coefficient (Wildman–Crippen LogP) is 7.84. The summed E-state index contributed by atoms with van der Waals surface area (Å²) in [7, 11) is 0. The van der Waals surface area contributed by atoms with Crippen molar-refractivity contribution in [3.63, 3.8) is 0 Å². The van der Waals surface area contributed by atoms with E-state index in [1.54, 1.807) is 0 Å². The second-order valence-corrected chi connectivity index (χ2v) is 8.84. The molecule has 2 heteroatoms. The summed E-state index contributed by atoms with van der Waals surface area (Å²) < 4.78 is 5.18. The van der Waals surface area contributed by atoms with Gasteiger partial charge in [0, 0.05) is 6.42 Å². The molecule has 0 aromatic carbocycles. The van der Waals surface area contributed by atoms with Gasteiger partial charge in [-0.1, -0.05) is 91.4 Å². The molecule has 150 valence electrons. The van der Waals surface area contributed by atoms with E-state index >= 15 is 0 Å². The molecular weight excluding hydrogens is 308 g/mol. The van der Waals surface area contributed by atoms with Gasteiger partial charge < -0.3 is 4.74 Å². The highest BCUT2D eigenvalue weighted by atomic mass is 16.5. The average Bonchev–Trinajstić information content (AvgIpc) is 2.53. The smallest absolute Gasteiger partial charge is 0.306 e. The first-order chi connectivity index (χ1) is 11.9. The molecule has 0 aliphatic rings. The monoisotopic (exact) mass is 354 g/mol. The fraction of sp³-hybridized carbons (Fsp3) is 0.957. The summed E-state index contributed by atoms with van der Waals surface area (Å²) in [5.41, 5.74) is 0.419. The van der Waals surface area contributed by atoms with Crippen molar-refractivity contribution in [1.29, 1.82) is 0 Å². The van der Waals surface area contributed by atoms with Gasteiger partial charge in [-0.25, -0.2) is 0 Å². The summed E-state index contributed by atoms with van der Waals surface area (Å²) in [6, 6.07) is 0. The van der Waals surface area contributed by atoms with Gasteiger partial charge in [-0.05, 0) is 38.5 Å². The Balaban J connectivity index is 3.47. The molecule has 0 aliphatic carbocycles. The number of rotatable bonds is 17. The third-order valence-electron chi connectivity index (χ3n) is 5.06. The Hall–Kier alpha value is -0.530. The van der Waals surface area contributed by atoms with Crippen LogP contribution in [0.15, 0.2) is 0 Å². The van der Waals surface area contributed by atoms with Crippen molar-refractivity contribution in [2.75, 3.05) is 0 Å². The second-order valence-electron chi connectivity index (χ2n) is 8.84. The molecular formula is C23H46O2. The standard InChI is InChI=1S/C23H46O2/c1-6-7-8-9-10-11-12-13-14-16-19-23(4,5)20-17-15-18-22(24)25-21(2)3/h21H,6-20H2,1-5H3. The van der Waals surface area contributed by atoms with E-state index in [0.717, 1.165) is 12.8 Å². The average molecular weight is 355 g/mol. The number of carbonyl (C=O) groups excluding carboxylic acids is 1. The van der Waals surface area contributed by atoms with E-state index in [-0.39, 0.29) is 12.1 Å². The van der Waals surface area contributed by atoms with Crippen LogP contribution < -0.4 is 0 Å². The molecule has 0 heterocycles. The van der Waals surface area contributed by atoms with Gasteiger partial charge in [0.2, 0.25) is 0 Å². The molecule has 0 aromatic rings. The first kappa shape index (κ1) is 24.5. The summed E-state index contributed by atoms with van der Waals surface area (Å²) in [6.07, 6.45) is 19.3. The Kier molecular flexibility index (Phi) is 15.4. The lowest BCUT2D eigenvalue weighted by atomic mass is 9.82. The van der Waals surface area contributed by atoms with Crippen molar-refractivity contribution in [1.82, 2.24) is 0 Å². The van der Waals surface area contributed by atoms with E-state index in [0.29, 0.717) is 11.8 Å². The first-order valence-electron chi connectivity index (χ1n) is 11.1. The van der Waals surface area contributed by atoms with Crippen molar-refractivity contribution in [2.24, 2.45) is 5.41 Å². The van der Waals surface area contributed by atoms with Gasteiger partial charge in [0.1, 0.15) is 0 Å². The Bertz CT molecular complexity index is 307. The third kappa shape index (κ3) is 18.1. The van der Waals surface area contributed by atoms with Gasteiger partial charge >= 0.3 is 5.97 Å². The summed E-state index contributed by atoms with van der Waals surface area (Å²) in [5.74, 6) is -0.0394. The molecule has 0 unspecified atom stereocenters. The molecule has 0 bridgehead atoms. The maximum absolute atomic E-state index is 11.5. The molecule has 0 saturated heterocycles. The van der Waals surface area contributed by atoms with Crippen LogP contribution in [0.5, 0.6) is 0 Å². The van der Waals surface area contributed by atoms with Crippen LogP contribution >= 0.6 is 0 Å². The van der Waals surface area contributed by atoms with Crippen molar-refractivity contribution in [3.05, 3.63) is 0 Å². The zero-order chi connectivity index (χ0) is 19.0. The molecule has 0 radical (unpaired) electrons. The number of hydrogen-bond acceptors (Lipinski definition) is 2. The maximum Gasteiger partial charge on any atom is 0.306 e. The molecule has 2 nitrogen and oxygen atoms in total. The lowest BCUT2D eigenvalue weighted by Gasteiger charge is -2.24.